The van der Waals surface area contributed by atoms with Gasteiger partial charge in [0.2, 0.25) is 0 Å². The van der Waals surface area contributed by atoms with Crippen molar-refractivity contribution >= 4 is 51.8 Å². The van der Waals surface area contributed by atoms with Crippen molar-refractivity contribution < 1.29 is 24.3 Å². The minimum absolute atomic E-state index is 0.0972. The minimum atomic E-state index is -1.24. The maximum absolute atomic E-state index is 12.3. The van der Waals surface area contributed by atoms with Gasteiger partial charge in [0.15, 0.2) is 5.13 Å². The maximum atomic E-state index is 12.3. The van der Waals surface area contributed by atoms with Crippen molar-refractivity contribution in [3.63, 3.8) is 0 Å². The number of hydrogen-bond acceptors (Lipinski definition) is 8. The maximum Gasteiger partial charge on any atom is 0.352 e. The Bertz CT molecular complexity index is 846. The summed E-state index contributed by atoms with van der Waals surface area (Å²) >= 11 is 2.30. The quantitative estimate of drug-likeness (QED) is 0.363. The standard InChI is InChI=1S/C14H12N4O5S2/c1-2-5-3-24-12-7(11(21)18(12)8(5)13(22)23)17-10(20)9(19)6-4-25-14(15)16-6/h2,4,7,12H,1,3H2,(H2,15,16)(H,17,20)(H,22,23)/t7?,12-/m1/s1. The third kappa shape index (κ3) is 2.81. The third-order valence-electron chi connectivity index (χ3n) is 3.69. The number of thiazole rings is 1. The Morgan fingerprint density at radius 2 is 2.20 bits per heavy atom. The number of carbonyl (C=O) groups is 4. The molecular formula is C14H12N4O5S2. The molecule has 0 radical (unpaired) electrons. The lowest BCUT2D eigenvalue weighted by Gasteiger charge is -2.49. The van der Waals surface area contributed by atoms with E-state index in [4.69, 9.17) is 5.73 Å². The number of nitrogens with one attached hydrogen (secondary N) is 1. The number of carboxylic acids is 1. The van der Waals surface area contributed by atoms with Gasteiger partial charge in [-0.15, -0.1) is 23.1 Å². The summed E-state index contributed by atoms with van der Waals surface area (Å²) in [5.41, 5.74) is 5.61. The predicted octanol–water partition coefficient (Wildman–Crippen LogP) is -0.167. The molecule has 2 atom stereocenters. The molecule has 1 unspecified atom stereocenters. The van der Waals surface area contributed by atoms with Crippen molar-refractivity contribution in [3.8, 4) is 0 Å². The van der Waals surface area contributed by atoms with E-state index in [-0.39, 0.29) is 16.5 Å². The summed E-state index contributed by atoms with van der Waals surface area (Å²) in [4.78, 5) is 52.6. The molecule has 2 aliphatic heterocycles. The number of thioether (sulfide) groups is 1. The molecule has 11 heteroatoms. The highest BCUT2D eigenvalue weighted by molar-refractivity contribution is 8.00. The number of allylic oxidation sites excluding steroid dienone is 1. The highest BCUT2D eigenvalue weighted by atomic mass is 32.2. The Balaban J connectivity index is 1.75. The van der Waals surface area contributed by atoms with Crippen LogP contribution in [0.4, 0.5) is 5.13 Å². The Labute approximate surface area is 149 Å². The van der Waals surface area contributed by atoms with E-state index in [1.807, 2.05) is 0 Å². The van der Waals surface area contributed by atoms with Crippen molar-refractivity contribution in [1.29, 1.82) is 0 Å². The van der Waals surface area contributed by atoms with Crippen LogP contribution in [-0.2, 0) is 14.4 Å². The van der Waals surface area contributed by atoms with E-state index in [0.717, 1.165) is 16.2 Å². The molecule has 4 N–H and O–H groups in total. The zero-order chi connectivity index (χ0) is 18.3. The number of fused-ring (bicyclic) bond motifs is 1. The van der Waals surface area contributed by atoms with Gasteiger partial charge < -0.3 is 16.2 Å². The number of β-lactam (4-membered cyclic amide) rings is 1. The van der Waals surface area contributed by atoms with Crippen LogP contribution in [-0.4, -0.2) is 55.7 Å². The number of Topliss-reactive ketones (excluding diaryl/α,β-unsaturated/α-hetero) is 1. The highest BCUT2D eigenvalue weighted by Crippen LogP contribution is 2.40. The smallest absolute Gasteiger partial charge is 0.352 e. The van der Waals surface area contributed by atoms with Crippen molar-refractivity contribution in [1.82, 2.24) is 15.2 Å². The van der Waals surface area contributed by atoms with Crippen LogP contribution in [0.15, 0.2) is 29.3 Å². The lowest BCUT2D eigenvalue weighted by atomic mass is 10.0. The normalized spacial score (nSPS) is 22.1. The highest BCUT2D eigenvalue weighted by Gasteiger charge is 2.54. The Kier molecular flexibility index (Phi) is 4.35. The van der Waals surface area contributed by atoms with E-state index in [2.05, 4.69) is 16.9 Å². The van der Waals surface area contributed by atoms with E-state index in [9.17, 15) is 24.3 Å². The number of ketones is 1. The molecular weight excluding hydrogens is 368 g/mol. The summed E-state index contributed by atoms with van der Waals surface area (Å²) in [5.74, 6) is -3.39. The molecule has 1 saturated heterocycles. The molecule has 0 spiro atoms. The largest absolute Gasteiger partial charge is 0.477 e. The molecule has 2 amide bonds. The summed E-state index contributed by atoms with van der Waals surface area (Å²) in [6, 6.07) is -0.974. The first-order valence-electron chi connectivity index (χ1n) is 6.95. The molecule has 1 aromatic rings. The van der Waals surface area contributed by atoms with Gasteiger partial charge in [-0.3, -0.25) is 19.3 Å². The van der Waals surface area contributed by atoms with Gasteiger partial charge in [-0.2, -0.15) is 0 Å². The number of nitrogen functional groups attached to an aromatic ring is 1. The van der Waals surface area contributed by atoms with Gasteiger partial charge in [-0.25, -0.2) is 9.78 Å². The second-order valence-corrected chi connectivity index (χ2v) is 7.14. The second-order valence-electron chi connectivity index (χ2n) is 5.14. The van der Waals surface area contributed by atoms with E-state index < -0.39 is 35.0 Å². The zero-order valence-electron chi connectivity index (χ0n) is 12.6. The SMILES string of the molecule is C=CC1=C(C(=O)O)N2C(=O)C(NC(=O)C(=O)c3csc(N)n3)[C@H]2SC1. The van der Waals surface area contributed by atoms with Crippen LogP contribution in [0.1, 0.15) is 10.5 Å². The van der Waals surface area contributed by atoms with E-state index in [1.54, 1.807) is 0 Å². The van der Waals surface area contributed by atoms with Gasteiger partial charge in [0.05, 0.1) is 0 Å². The Morgan fingerprint density at radius 3 is 2.76 bits per heavy atom. The number of amides is 2. The van der Waals surface area contributed by atoms with Crippen molar-refractivity contribution in [3.05, 3.63) is 35.0 Å². The van der Waals surface area contributed by atoms with E-state index in [1.165, 1.54) is 23.2 Å². The monoisotopic (exact) mass is 380 g/mol. The molecule has 1 fully saturated rings. The first-order chi connectivity index (χ1) is 11.8. The number of aliphatic carboxylic acids is 1. The topological polar surface area (TPSA) is 143 Å². The van der Waals surface area contributed by atoms with Gasteiger partial charge in [0, 0.05) is 11.1 Å². The van der Waals surface area contributed by atoms with Crippen LogP contribution in [0, 0.1) is 0 Å². The third-order valence-corrected chi connectivity index (χ3v) is 5.67. The number of aromatic nitrogens is 1. The average molecular weight is 380 g/mol. The van der Waals surface area contributed by atoms with Crippen LogP contribution in [0.5, 0.6) is 0 Å². The van der Waals surface area contributed by atoms with Crippen LogP contribution in [0.2, 0.25) is 0 Å². The lowest BCUT2D eigenvalue weighted by Crippen LogP contribution is -2.71. The van der Waals surface area contributed by atoms with Gasteiger partial charge in [0.1, 0.15) is 22.8 Å². The van der Waals surface area contributed by atoms with Crippen LogP contribution in [0.25, 0.3) is 0 Å². The number of carboxylic acid groups (broad SMARTS) is 1. The first-order valence-corrected chi connectivity index (χ1v) is 8.87. The lowest BCUT2D eigenvalue weighted by molar-refractivity contribution is -0.150. The van der Waals surface area contributed by atoms with Crippen LogP contribution in [0.3, 0.4) is 0 Å². The molecule has 3 heterocycles. The zero-order valence-corrected chi connectivity index (χ0v) is 14.2. The van der Waals surface area contributed by atoms with Crippen molar-refractivity contribution in [2.75, 3.05) is 11.5 Å². The molecule has 1 aromatic heterocycles. The molecule has 0 aromatic carbocycles. The van der Waals surface area contributed by atoms with Crippen molar-refractivity contribution in [2.45, 2.75) is 11.4 Å². The Morgan fingerprint density at radius 1 is 1.48 bits per heavy atom. The van der Waals surface area contributed by atoms with Gasteiger partial charge in [0.25, 0.3) is 17.6 Å². The fourth-order valence-electron chi connectivity index (χ4n) is 2.51. The number of carbonyl (C=O) groups excluding carboxylic acids is 3. The number of hydrogen-bond donors (Lipinski definition) is 3. The summed E-state index contributed by atoms with van der Waals surface area (Å²) < 4.78 is 0. The molecule has 25 heavy (non-hydrogen) atoms. The number of rotatable bonds is 5. The molecule has 0 saturated carbocycles. The molecule has 9 nitrogen and oxygen atoms in total. The summed E-state index contributed by atoms with van der Waals surface area (Å²) in [6.45, 7) is 3.55. The number of anilines is 1. The summed E-state index contributed by atoms with van der Waals surface area (Å²) in [7, 11) is 0. The second kappa shape index (κ2) is 6.33. The van der Waals surface area contributed by atoms with E-state index in [0.29, 0.717) is 11.3 Å². The Hall–Kier alpha value is -2.66. The minimum Gasteiger partial charge on any atom is -0.477 e. The predicted molar refractivity (Wildman–Crippen MR) is 90.7 cm³/mol. The molecule has 0 aliphatic carbocycles. The summed E-state index contributed by atoms with van der Waals surface area (Å²) in [6.07, 6.45) is 1.39. The van der Waals surface area contributed by atoms with Gasteiger partial charge in [-0.1, -0.05) is 12.7 Å². The first kappa shape index (κ1) is 17.2. The fraction of sp³-hybridized carbons (Fsp3) is 0.214. The number of nitrogens with two attached hydrogens (primary N) is 1. The molecule has 130 valence electrons. The van der Waals surface area contributed by atoms with Crippen LogP contribution < -0.4 is 11.1 Å². The average Bonchev–Trinajstić information content (AvgIpc) is 3.03. The van der Waals surface area contributed by atoms with Crippen LogP contribution >= 0.6 is 23.1 Å². The van der Waals surface area contributed by atoms with Gasteiger partial charge >= 0.3 is 5.97 Å². The van der Waals surface area contributed by atoms with Crippen molar-refractivity contribution in [2.24, 2.45) is 0 Å². The number of nitrogens with zero attached hydrogens (tertiary/aromatic N) is 2. The van der Waals surface area contributed by atoms with Gasteiger partial charge in [-0.05, 0) is 5.57 Å². The molecule has 2 aliphatic rings. The molecule has 3 rings (SSSR count). The molecule has 0 bridgehead atoms. The van der Waals surface area contributed by atoms with E-state index >= 15 is 0 Å². The fourth-order valence-corrected chi connectivity index (χ4v) is 4.40. The summed E-state index contributed by atoms with van der Waals surface area (Å²) in [5, 5.41) is 12.6.